The molecular weight excluding hydrogens is 577 g/mol. The maximum absolute atomic E-state index is 14.1. The lowest BCUT2D eigenvalue weighted by Gasteiger charge is -2.34. The van der Waals surface area contributed by atoms with E-state index in [-0.39, 0.29) is 6.42 Å². The van der Waals surface area contributed by atoms with E-state index < -0.39 is 59.6 Å². The Labute approximate surface area is 269 Å². The summed E-state index contributed by atoms with van der Waals surface area (Å²) in [4.78, 5) is 44.2. The van der Waals surface area contributed by atoms with Crippen molar-refractivity contribution in [1.82, 2.24) is 15.1 Å². The molecule has 2 atom stereocenters. The molecule has 0 spiro atoms. The number of benzene rings is 1. The normalized spacial score (nSPS) is 19.8. The topological polar surface area (TPSA) is 116 Å². The second kappa shape index (κ2) is 14.4. The summed E-state index contributed by atoms with van der Waals surface area (Å²) in [6, 6.07) is 5.77. The number of alkyl carbamates (subject to hydrolysis) is 1. The third-order valence-corrected chi connectivity index (χ3v) is 8.23. The molecule has 0 unspecified atom stereocenters. The standard InChI is InChI=1S/C33H54BN3O8/c1-30(2,3)42-28(39)26(22-23-13-12-14-24(21-23)34-44-32(7,8)33(9,10)45-34)36(11)27(38)25(35-29(40)43-31(4,5)6)15-16-37-17-19-41-20-18-37/h12-14,21,25-26H,15-20,22H2,1-11H3,(H,35,40)/t25-,26-/m0/s1. The van der Waals surface area contributed by atoms with Gasteiger partial charge in [0.25, 0.3) is 0 Å². The molecule has 1 aromatic rings. The summed E-state index contributed by atoms with van der Waals surface area (Å²) in [5.74, 6) is -0.948. The molecule has 2 aliphatic heterocycles. The van der Waals surface area contributed by atoms with Crippen LogP contribution < -0.4 is 10.8 Å². The highest BCUT2D eigenvalue weighted by molar-refractivity contribution is 6.62. The van der Waals surface area contributed by atoms with E-state index >= 15 is 0 Å². The second-order valence-electron chi connectivity index (χ2n) is 15.0. The zero-order valence-electron chi connectivity index (χ0n) is 29.2. The van der Waals surface area contributed by atoms with E-state index in [0.717, 1.165) is 24.1 Å². The van der Waals surface area contributed by atoms with Crippen LogP contribution in [0.1, 0.15) is 81.2 Å². The number of rotatable bonds is 10. The summed E-state index contributed by atoms with van der Waals surface area (Å²) in [5.41, 5.74) is -0.891. The first-order valence-electron chi connectivity index (χ1n) is 15.9. The SMILES string of the molecule is CN(C(=O)[C@H](CCN1CCOCC1)NC(=O)OC(C)(C)C)[C@@H](Cc1cccc(B2OC(C)(C)C(C)(C)O2)c1)C(=O)OC(C)(C)C. The predicted molar refractivity (Wildman–Crippen MR) is 173 cm³/mol. The van der Waals surface area contributed by atoms with E-state index in [4.69, 9.17) is 23.5 Å². The van der Waals surface area contributed by atoms with Crippen LogP contribution >= 0.6 is 0 Å². The molecule has 11 nitrogen and oxygen atoms in total. The van der Waals surface area contributed by atoms with Crippen molar-refractivity contribution >= 4 is 30.6 Å². The van der Waals surface area contributed by atoms with Crippen molar-refractivity contribution in [3.05, 3.63) is 29.8 Å². The molecule has 2 amide bonds. The van der Waals surface area contributed by atoms with Gasteiger partial charge in [-0.05, 0) is 86.7 Å². The molecule has 2 fully saturated rings. The lowest BCUT2D eigenvalue weighted by atomic mass is 9.78. The van der Waals surface area contributed by atoms with Crippen molar-refractivity contribution in [1.29, 1.82) is 0 Å². The van der Waals surface area contributed by atoms with Gasteiger partial charge in [-0.15, -0.1) is 0 Å². The molecule has 1 aromatic carbocycles. The Morgan fingerprint density at radius 2 is 1.56 bits per heavy atom. The van der Waals surface area contributed by atoms with Crippen LogP contribution in [0.5, 0.6) is 0 Å². The quantitative estimate of drug-likeness (QED) is 0.307. The van der Waals surface area contributed by atoms with E-state index in [0.29, 0.717) is 26.2 Å². The van der Waals surface area contributed by atoms with E-state index in [1.807, 2.05) is 52.0 Å². The number of nitrogens with one attached hydrogen (secondary N) is 1. The van der Waals surface area contributed by atoms with Crippen LogP contribution in [0.4, 0.5) is 4.79 Å². The number of ether oxygens (including phenoxy) is 3. The van der Waals surface area contributed by atoms with Crippen LogP contribution in [-0.4, -0.2) is 109 Å². The molecule has 2 aliphatic rings. The average Bonchev–Trinajstić information content (AvgIpc) is 3.14. The van der Waals surface area contributed by atoms with E-state index in [9.17, 15) is 14.4 Å². The molecule has 1 N–H and O–H groups in total. The van der Waals surface area contributed by atoms with Crippen molar-refractivity contribution in [2.24, 2.45) is 0 Å². The number of esters is 1. The molecule has 45 heavy (non-hydrogen) atoms. The van der Waals surface area contributed by atoms with Gasteiger partial charge in [-0.3, -0.25) is 9.69 Å². The van der Waals surface area contributed by atoms with Crippen LogP contribution in [0.25, 0.3) is 0 Å². The highest BCUT2D eigenvalue weighted by Crippen LogP contribution is 2.36. The smallest absolute Gasteiger partial charge is 0.458 e. The summed E-state index contributed by atoms with van der Waals surface area (Å²) in [6.07, 6.45) is -0.172. The number of nitrogens with zero attached hydrogens (tertiary/aromatic N) is 2. The lowest BCUT2D eigenvalue weighted by Crippen LogP contribution is -2.55. The summed E-state index contributed by atoms with van der Waals surface area (Å²) >= 11 is 0. The van der Waals surface area contributed by atoms with Gasteiger partial charge in [-0.1, -0.05) is 24.3 Å². The van der Waals surface area contributed by atoms with E-state index in [1.54, 1.807) is 48.6 Å². The third kappa shape index (κ3) is 10.7. The number of carbonyl (C=O) groups is 3. The fourth-order valence-corrected chi connectivity index (χ4v) is 5.06. The fourth-order valence-electron chi connectivity index (χ4n) is 5.06. The Balaban J connectivity index is 1.87. The Morgan fingerprint density at radius 3 is 2.11 bits per heavy atom. The fraction of sp³-hybridized carbons (Fsp3) is 0.727. The van der Waals surface area contributed by atoms with Crippen molar-refractivity contribution in [2.45, 2.75) is 117 Å². The minimum Gasteiger partial charge on any atom is -0.458 e. The number of hydrogen-bond acceptors (Lipinski definition) is 9. The number of morpholine rings is 1. The van der Waals surface area contributed by atoms with E-state index in [1.165, 1.54) is 4.90 Å². The third-order valence-electron chi connectivity index (χ3n) is 8.23. The molecule has 0 saturated carbocycles. The van der Waals surface area contributed by atoms with Gasteiger partial charge in [0, 0.05) is 33.1 Å². The van der Waals surface area contributed by atoms with Gasteiger partial charge in [-0.25, -0.2) is 9.59 Å². The molecule has 3 rings (SSSR count). The van der Waals surface area contributed by atoms with Gasteiger partial charge in [0.05, 0.1) is 24.4 Å². The maximum atomic E-state index is 14.1. The predicted octanol–water partition coefficient (Wildman–Crippen LogP) is 3.31. The molecule has 0 radical (unpaired) electrons. The molecule has 0 bridgehead atoms. The molecule has 252 valence electrons. The van der Waals surface area contributed by atoms with Gasteiger partial charge >= 0.3 is 19.2 Å². The van der Waals surface area contributed by atoms with Gasteiger partial charge in [0.1, 0.15) is 23.3 Å². The van der Waals surface area contributed by atoms with Crippen LogP contribution in [0.15, 0.2) is 24.3 Å². The zero-order chi connectivity index (χ0) is 33.8. The molecular formula is C33H54BN3O8. The Bertz CT molecular complexity index is 1170. The molecule has 0 aliphatic carbocycles. The lowest BCUT2D eigenvalue weighted by molar-refractivity contribution is -0.164. The van der Waals surface area contributed by atoms with Gasteiger partial charge in [0.15, 0.2) is 0 Å². The number of hydrogen-bond donors (Lipinski definition) is 1. The summed E-state index contributed by atoms with van der Waals surface area (Å²) in [5, 5.41) is 2.77. The van der Waals surface area contributed by atoms with Crippen molar-refractivity contribution in [3.8, 4) is 0 Å². The minimum absolute atomic E-state index is 0.188. The van der Waals surface area contributed by atoms with Crippen molar-refractivity contribution in [2.75, 3.05) is 39.9 Å². The second-order valence-corrected chi connectivity index (χ2v) is 15.0. The monoisotopic (exact) mass is 631 g/mol. The Morgan fingerprint density at radius 1 is 0.978 bits per heavy atom. The Hall–Kier alpha value is -2.67. The molecule has 12 heteroatoms. The maximum Gasteiger partial charge on any atom is 0.494 e. The largest absolute Gasteiger partial charge is 0.494 e. The Kier molecular flexibility index (Phi) is 11.8. The van der Waals surface area contributed by atoms with Gasteiger partial charge in [0.2, 0.25) is 5.91 Å². The summed E-state index contributed by atoms with van der Waals surface area (Å²) in [6.45, 7) is 21.9. The van der Waals surface area contributed by atoms with E-state index in [2.05, 4.69) is 10.2 Å². The first-order valence-corrected chi connectivity index (χ1v) is 15.9. The molecule has 2 saturated heterocycles. The zero-order valence-corrected chi connectivity index (χ0v) is 29.2. The van der Waals surface area contributed by atoms with Gasteiger partial charge < -0.3 is 33.7 Å². The van der Waals surface area contributed by atoms with Crippen LogP contribution in [0, 0.1) is 0 Å². The van der Waals surface area contributed by atoms with Crippen LogP contribution in [-0.2, 0) is 39.5 Å². The number of likely N-dealkylation sites (N-methyl/N-ethyl adjacent to an activating group) is 1. The first-order chi connectivity index (χ1) is 20.7. The highest BCUT2D eigenvalue weighted by atomic mass is 16.7. The van der Waals surface area contributed by atoms with Crippen molar-refractivity contribution < 1.29 is 37.9 Å². The van der Waals surface area contributed by atoms with Crippen LogP contribution in [0.2, 0.25) is 0 Å². The first kappa shape index (κ1) is 36.8. The van der Waals surface area contributed by atoms with Crippen LogP contribution in [0.3, 0.4) is 0 Å². The van der Waals surface area contributed by atoms with Crippen molar-refractivity contribution in [3.63, 3.8) is 0 Å². The summed E-state index contributed by atoms with van der Waals surface area (Å²) in [7, 11) is 1.00. The highest BCUT2D eigenvalue weighted by Gasteiger charge is 2.51. The minimum atomic E-state index is -0.961. The van der Waals surface area contributed by atoms with Gasteiger partial charge in [-0.2, -0.15) is 0 Å². The summed E-state index contributed by atoms with van der Waals surface area (Å²) < 4.78 is 29.2. The average molecular weight is 632 g/mol. The molecule has 2 heterocycles. The molecule has 0 aromatic heterocycles. The number of amides is 2. The number of carbonyl (C=O) groups excluding carboxylic acids is 3.